The van der Waals surface area contributed by atoms with E-state index >= 15 is 0 Å². The van der Waals surface area contributed by atoms with Crippen LogP contribution in [-0.4, -0.2) is 24.3 Å². The molecule has 0 aliphatic rings. The van der Waals surface area contributed by atoms with Crippen LogP contribution >= 0.6 is 8.25 Å². The molecule has 134 valence electrons. The summed E-state index contributed by atoms with van der Waals surface area (Å²) in [6, 6.07) is 0. The second-order valence-corrected chi connectivity index (χ2v) is 6.20. The molecule has 0 unspecified atom stereocenters. The first-order chi connectivity index (χ1) is 10.5. The first kappa shape index (κ1) is 28.2. The topological polar surface area (TPSA) is 72.8 Å². The van der Waals surface area contributed by atoms with Crippen LogP contribution in [0.4, 0.5) is 0 Å². The van der Waals surface area contributed by atoms with Gasteiger partial charge in [-0.1, -0.05) is 65.2 Å². The molecule has 5 nitrogen and oxygen atoms in total. The number of aliphatic carboxylic acids is 1. The minimum absolute atomic E-state index is 0. The number of hydrogen-bond donors (Lipinski definition) is 1. The van der Waals surface area contributed by atoms with E-state index in [2.05, 4.69) is 13.8 Å². The molecule has 0 aromatic heterocycles. The average Bonchev–Trinajstić information content (AvgIpc) is 2.46. The van der Waals surface area contributed by atoms with E-state index in [9.17, 15) is 4.57 Å². The fraction of sp³-hybridized carbons (Fsp3) is 0.938. The molecule has 0 radical (unpaired) electrons. The predicted octanol–water partition coefficient (Wildman–Crippen LogP) is 5.71. The van der Waals surface area contributed by atoms with Crippen LogP contribution in [0.25, 0.3) is 0 Å². The van der Waals surface area contributed by atoms with E-state index in [1.54, 1.807) is 0 Å². The zero-order valence-electron chi connectivity index (χ0n) is 15.2. The van der Waals surface area contributed by atoms with Crippen molar-refractivity contribution in [2.45, 2.75) is 85.0 Å². The fourth-order valence-electron chi connectivity index (χ4n) is 1.73. The zero-order valence-corrected chi connectivity index (χ0v) is 21.6. The van der Waals surface area contributed by atoms with Gasteiger partial charge in [0.2, 0.25) is 0 Å². The summed E-state index contributed by atoms with van der Waals surface area (Å²) in [4.78, 5) is 9.00. The summed E-state index contributed by atoms with van der Waals surface area (Å²) in [6.45, 7) is 6.60. The normalized spacial score (nSPS) is 9.52. The van der Waals surface area contributed by atoms with E-state index in [1.165, 1.54) is 38.5 Å². The minimum atomic E-state index is -1.88. The largest absolute Gasteiger partial charge is 0.697 e. The van der Waals surface area contributed by atoms with Gasteiger partial charge in [0.15, 0.2) is 0 Å². The maximum atomic E-state index is 11.3. The second-order valence-electron chi connectivity index (χ2n) is 5.24. The standard InChI is InChI=1S/C14H30O3P.C2H4O2.Hg/c1-3-5-7-9-11-13-16-18(15)17-14-12-10-8-6-4-2;1-2(3)4;/h3-14H2,1-2H3;1H3,(H,3,4);/q+1;;. The van der Waals surface area contributed by atoms with Crippen LogP contribution in [0.2, 0.25) is 0 Å². The van der Waals surface area contributed by atoms with E-state index in [0.717, 1.165) is 32.6 Å². The molecule has 0 aliphatic carbocycles. The van der Waals surface area contributed by atoms with Crippen molar-refractivity contribution >= 4 is 14.2 Å². The van der Waals surface area contributed by atoms with Gasteiger partial charge in [-0.05, 0) is 12.8 Å². The summed E-state index contributed by atoms with van der Waals surface area (Å²) in [5.41, 5.74) is 0. The van der Waals surface area contributed by atoms with E-state index in [4.69, 9.17) is 18.9 Å². The van der Waals surface area contributed by atoms with E-state index in [0.29, 0.717) is 13.2 Å². The first-order valence-corrected chi connectivity index (χ1v) is 9.56. The number of carbonyl (C=O) groups is 1. The SMILES string of the molecule is CC(=O)O.CCCCCCCO[P+](=O)OCCCCCCC.[Hg]. The number of rotatable bonds is 14. The van der Waals surface area contributed by atoms with Crippen molar-refractivity contribution in [3.63, 3.8) is 0 Å². The van der Waals surface area contributed by atoms with Crippen molar-refractivity contribution in [3.05, 3.63) is 0 Å². The summed E-state index contributed by atoms with van der Waals surface area (Å²) in [5, 5.41) is 7.42. The Balaban J connectivity index is -0.000000712. The zero-order chi connectivity index (χ0) is 17.1. The molecule has 0 heterocycles. The van der Waals surface area contributed by atoms with Crippen molar-refractivity contribution < 1.29 is 51.2 Å². The van der Waals surface area contributed by atoms with Gasteiger partial charge in [0.1, 0.15) is 13.2 Å². The van der Waals surface area contributed by atoms with Crippen molar-refractivity contribution in [1.82, 2.24) is 0 Å². The molecule has 0 bridgehead atoms. The summed E-state index contributed by atoms with van der Waals surface area (Å²) in [5.74, 6) is -0.833. The van der Waals surface area contributed by atoms with Crippen LogP contribution in [0.5, 0.6) is 0 Å². The van der Waals surface area contributed by atoms with Gasteiger partial charge in [0.25, 0.3) is 5.97 Å². The molecular weight excluding hydrogens is 504 g/mol. The Morgan fingerprint density at radius 1 is 0.826 bits per heavy atom. The molecule has 0 saturated heterocycles. The summed E-state index contributed by atoms with van der Waals surface area (Å²) in [6.07, 6.45) is 11.8. The molecule has 0 aromatic rings. The van der Waals surface area contributed by atoms with Crippen molar-refractivity contribution in [2.24, 2.45) is 0 Å². The third-order valence-corrected chi connectivity index (χ3v) is 3.68. The molecule has 0 spiro atoms. The molecular formula is C16H34HgO5P+. The average molecular weight is 538 g/mol. The fourth-order valence-corrected chi connectivity index (χ4v) is 2.36. The van der Waals surface area contributed by atoms with Gasteiger partial charge in [0, 0.05) is 39.2 Å². The maximum Gasteiger partial charge on any atom is 0.697 e. The Kier molecular flexibility index (Phi) is 30.3. The number of unbranched alkanes of at least 4 members (excludes halogenated alkanes) is 8. The van der Waals surface area contributed by atoms with Crippen molar-refractivity contribution in [3.8, 4) is 0 Å². The van der Waals surface area contributed by atoms with E-state index < -0.39 is 14.2 Å². The Labute approximate surface area is 163 Å². The van der Waals surface area contributed by atoms with Gasteiger partial charge in [-0.3, -0.25) is 4.79 Å². The van der Waals surface area contributed by atoms with Crippen LogP contribution in [0.3, 0.4) is 0 Å². The van der Waals surface area contributed by atoms with Crippen LogP contribution in [0.1, 0.15) is 85.0 Å². The van der Waals surface area contributed by atoms with E-state index in [-0.39, 0.29) is 27.7 Å². The smallest absolute Gasteiger partial charge is 0.481 e. The molecule has 0 fully saturated rings. The summed E-state index contributed by atoms with van der Waals surface area (Å²) < 4.78 is 21.6. The van der Waals surface area contributed by atoms with Crippen LogP contribution in [0.15, 0.2) is 0 Å². The number of hydrogen-bond acceptors (Lipinski definition) is 4. The quantitative estimate of drug-likeness (QED) is 0.175. The monoisotopic (exact) mass is 539 g/mol. The van der Waals surface area contributed by atoms with Crippen molar-refractivity contribution in [2.75, 3.05) is 13.2 Å². The molecule has 7 heteroatoms. The van der Waals surface area contributed by atoms with Gasteiger partial charge in [-0.25, -0.2) is 0 Å². The van der Waals surface area contributed by atoms with Crippen molar-refractivity contribution in [1.29, 1.82) is 0 Å². The molecule has 0 rings (SSSR count). The Morgan fingerprint density at radius 3 is 1.43 bits per heavy atom. The Morgan fingerprint density at radius 2 is 1.13 bits per heavy atom. The minimum Gasteiger partial charge on any atom is -0.481 e. The molecule has 0 amide bonds. The number of carboxylic acid groups (broad SMARTS) is 1. The van der Waals surface area contributed by atoms with Gasteiger partial charge in [-0.2, -0.15) is 0 Å². The molecule has 0 atom stereocenters. The van der Waals surface area contributed by atoms with Crippen LogP contribution in [-0.2, 0) is 46.1 Å². The van der Waals surface area contributed by atoms with E-state index in [1.807, 2.05) is 0 Å². The molecule has 1 N–H and O–H groups in total. The summed E-state index contributed by atoms with van der Waals surface area (Å²) >= 11 is 0. The molecule has 0 saturated carbocycles. The van der Waals surface area contributed by atoms with Gasteiger partial charge in [-0.15, -0.1) is 9.05 Å². The van der Waals surface area contributed by atoms with Crippen LogP contribution in [0, 0.1) is 0 Å². The Bertz CT molecular complexity index is 243. The maximum absolute atomic E-state index is 11.3. The van der Waals surface area contributed by atoms with Gasteiger partial charge < -0.3 is 5.11 Å². The van der Waals surface area contributed by atoms with Gasteiger partial charge in [0.05, 0.1) is 0 Å². The summed E-state index contributed by atoms with van der Waals surface area (Å²) in [7, 11) is -1.88. The third-order valence-electron chi connectivity index (χ3n) is 2.89. The first-order valence-electron chi connectivity index (χ1n) is 8.47. The third kappa shape index (κ3) is 34.7. The molecule has 23 heavy (non-hydrogen) atoms. The predicted molar refractivity (Wildman–Crippen MR) is 90.3 cm³/mol. The number of carboxylic acids is 1. The molecule has 0 aliphatic heterocycles. The molecule has 0 aromatic carbocycles. The Hall–Kier alpha value is 0.425. The van der Waals surface area contributed by atoms with Gasteiger partial charge >= 0.3 is 8.25 Å². The second kappa shape index (κ2) is 24.7. The van der Waals surface area contributed by atoms with Crippen LogP contribution < -0.4 is 0 Å².